The molecule has 0 radical (unpaired) electrons. The smallest absolute Gasteiger partial charge is 0.144 e. The highest BCUT2D eigenvalue weighted by molar-refractivity contribution is 6.90. The molecule has 4 aromatic rings. The lowest BCUT2D eigenvalue weighted by atomic mass is 9.83. The monoisotopic (exact) mass is 415 g/mol. The van der Waals surface area contributed by atoms with Crippen molar-refractivity contribution >= 4 is 35.2 Å². The topological polar surface area (TPSA) is 26.0 Å². The molecule has 0 fully saturated rings. The summed E-state index contributed by atoms with van der Waals surface area (Å²) >= 11 is 0. The number of fused-ring (bicyclic) bond motifs is 3. The zero-order valence-electron chi connectivity index (χ0n) is 19.3. The number of pyridine rings is 1. The molecule has 0 saturated carbocycles. The summed E-state index contributed by atoms with van der Waals surface area (Å²) in [5, 5.41) is 3.95. The van der Waals surface area contributed by atoms with Gasteiger partial charge in [0.1, 0.15) is 11.2 Å². The van der Waals surface area contributed by atoms with Crippen LogP contribution in [0.4, 0.5) is 0 Å². The second kappa shape index (κ2) is 7.70. The summed E-state index contributed by atoms with van der Waals surface area (Å²) in [5.74, 6) is 1.14. The minimum absolute atomic E-state index is 0.541. The van der Waals surface area contributed by atoms with Gasteiger partial charge in [-0.05, 0) is 59.7 Å². The Bertz CT molecular complexity index is 1210. The van der Waals surface area contributed by atoms with Crippen molar-refractivity contribution in [2.75, 3.05) is 0 Å². The van der Waals surface area contributed by atoms with Crippen molar-refractivity contribution < 1.29 is 4.42 Å². The van der Waals surface area contributed by atoms with E-state index in [9.17, 15) is 0 Å². The SMILES string of the molecule is CCC(c1ccnc(-c2ccc([Si](C)(C)C)c3c2oc2ccccc23)c1C)C(C)C. The first-order chi connectivity index (χ1) is 14.2. The third-order valence-electron chi connectivity index (χ3n) is 6.48. The summed E-state index contributed by atoms with van der Waals surface area (Å²) in [7, 11) is -1.55. The van der Waals surface area contributed by atoms with Gasteiger partial charge in [0.05, 0.1) is 13.8 Å². The van der Waals surface area contributed by atoms with Crippen LogP contribution in [0, 0.1) is 12.8 Å². The number of nitrogens with zero attached hydrogens (tertiary/aromatic N) is 1. The van der Waals surface area contributed by atoms with Gasteiger partial charge in [-0.2, -0.15) is 0 Å². The molecule has 0 bridgehead atoms. The van der Waals surface area contributed by atoms with Gasteiger partial charge in [-0.3, -0.25) is 4.98 Å². The third-order valence-corrected chi connectivity index (χ3v) is 8.51. The molecule has 0 aliphatic carbocycles. The van der Waals surface area contributed by atoms with E-state index >= 15 is 0 Å². The molecule has 0 spiro atoms. The van der Waals surface area contributed by atoms with Crippen LogP contribution in [0.2, 0.25) is 19.6 Å². The van der Waals surface area contributed by atoms with Crippen LogP contribution >= 0.6 is 0 Å². The summed E-state index contributed by atoms with van der Waals surface area (Å²) in [5.41, 5.74) is 6.80. The third kappa shape index (κ3) is 3.39. The molecule has 156 valence electrons. The van der Waals surface area contributed by atoms with Crippen LogP contribution in [0.5, 0.6) is 0 Å². The molecule has 4 rings (SSSR count). The normalized spacial score (nSPS) is 13.5. The van der Waals surface area contributed by atoms with E-state index in [1.54, 1.807) is 0 Å². The van der Waals surface area contributed by atoms with Crippen molar-refractivity contribution in [3.63, 3.8) is 0 Å². The van der Waals surface area contributed by atoms with Gasteiger partial charge in [0.15, 0.2) is 0 Å². The van der Waals surface area contributed by atoms with Crippen LogP contribution in [0.15, 0.2) is 53.1 Å². The Morgan fingerprint density at radius 1 is 1.00 bits per heavy atom. The number of benzene rings is 2. The van der Waals surface area contributed by atoms with Gasteiger partial charge in [-0.25, -0.2) is 0 Å². The van der Waals surface area contributed by atoms with Gasteiger partial charge < -0.3 is 4.42 Å². The Morgan fingerprint density at radius 3 is 2.40 bits per heavy atom. The molecule has 0 amide bonds. The standard InChI is InChI=1S/C27H33NOSi/c1-8-19(17(2)3)20-15-16-28-26(18(20)4)22-13-14-24(30(5,6)7)25-21-11-9-10-12-23(21)29-27(22)25/h9-17,19H,8H2,1-7H3. The summed E-state index contributed by atoms with van der Waals surface area (Å²) in [6.07, 6.45) is 3.11. The lowest BCUT2D eigenvalue weighted by Crippen LogP contribution is -2.37. The summed E-state index contributed by atoms with van der Waals surface area (Å²) < 4.78 is 6.49. The van der Waals surface area contributed by atoms with Crippen molar-refractivity contribution in [2.45, 2.75) is 59.7 Å². The van der Waals surface area contributed by atoms with Gasteiger partial charge >= 0.3 is 0 Å². The molecular weight excluding hydrogens is 382 g/mol. The second-order valence-electron chi connectivity index (χ2n) is 9.85. The summed E-state index contributed by atoms with van der Waals surface area (Å²) in [6, 6.07) is 15.2. The molecule has 3 heteroatoms. The first kappa shape index (κ1) is 20.9. The van der Waals surface area contributed by atoms with Gasteiger partial charge in [-0.1, -0.05) is 64.7 Å². The van der Waals surface area contributed by atoms with Crippen molar-refractivity contribution in [3.05, 3.63) is 59.8 Å². The molecule has 2 nitrogen and oxygen atoms in total. The maximum Gasteiger partial charge on any atom is 0.144 e. The van der Waals surface area contributed by atoms with Gasteiger partial charge in [0.25, 0.3) is 0 Å². The number of rotatable bonds is 5. The summed E-state index contributed by atoms with van der Waals surface area (Å²) in [4.78, 5) is 4.85. The van der Waals surface area contributed by atoms with Crippen molar-refractivity contribution in [1.82, 2.24) is 4.98 Å². The van der Waals surface area contributed by atoms with Crippen LogP contribution < -0.4 is 5.19 Å². The Kier molecular flexibility index (Phi) is 5.35. The largest absolute Gasteiger partial charge is 0.455 e. The number of hydrogen-bond donors (Lipinski definition) is 0. The molecule has 2 aromatic heterocycles. The molecule has 0 saturated heterocycles. The highest BCUT2D eigenvalue weighted by atomic mass is 28.3. The zero-order chi connectivity index (χ0) is 21.6. The average Bonchev–Trinajstić information content (AvgIpc) is 3.08. The Hall–Kier alpha value is -2.39. The van der Waals surface area contributed by atoms with E-state index in [2.05, 4.69) is 89.8 Å². The minimum Gasteiger partial charge on any atom is -0.455 e. The fourth-order valence-corrected chi connectivity index (χ4v) is 6.50. The second-order valence-corrected chi connectivity index (χ2v) is 14.9. The van der Waals surface area contributed by atoms with Crippen LogP contribution in [-0.2, 0) is 0 Å². The Labute approximate surface area is 181 Å². The van der Waals surface area contributed by atoms with Crippen LogP contribution in [0.1, 0.15) is 44.2 Å². The summed E-state index contributed by atoms with van der Waals surface area (Å²) in [6.45, 7) is 16.3. The van der Waals surface area contributed by atoms with Crippen molar-refractivity contribution in [1.29, 1.82) is 0 Å². The molecule has 1 unspecified atom stereocenters. The molecule has 0 aliphatic rings. The number of furan rings is 1. The van der Waals surface area contributed by atoms with Gasteiger partial charge in [0.2, 0.25) is 0 Å². The van der Waals surface area contributed by atoms with E-state index < -0.39 is 8.07 Å². The van der Waals surface area contributed by atoms with Gasteiger partial charge in [0, 0.05) is 22.5 Å². The van der Waals surface area contributed by atoms with Crippen molar-refractivity contribution in [2.24, 2.45) is 5.92 Å². The quantitative estimate of drug-likeness (QED) is 0.313. The van der Waals surface area contributed by atoms with E-state index in [1.165, 1.54) is 27.1 Å². The van der Waals surface area contributed by atoms with E-state index in [-0.39, 0.29) is 0 Å². The lowest BCUT2D eigenvalue weighted by molar-refractivity contribution is 0.483. The Balaban J connectivity index is 2.04. The predicted octanol–water partition coefficient (Wildman–Crippen LogP) is 7.65. The maximum absolute atomic E-state index is 6.49. The molecule has 0 aliphatic heterocycles. The van der Waals surface area contributed by atoms with Gasteiger partial charge in [-0.15, -0.1) is 0 Å². The fourth-order valence-electron chi connectivity index (χ4n) is 4.91. The predicted molar refractivity (Wildman–Crippen MR) is 133 cm³/mol. The molecule has 0 N–H and O–H groups in total. The molecule has 2 heterocycles. The zero-order valence-corrected chi connectivity index (χ0v) is 20.3. The molecule has 30 heavy (non-hydrogen) atoms. The molecule has 2 aromatic carbocycles. The van der Waals surface area contributed by atoms with E-state index in [4.69, 9.17) is 9.40 Å². The van der Waals surface area contributed by atoms with E-state index in [0.717, 1.165) is 28.8 Å². The molecule has 1 atom stereocenters. The van der Waals surface area contributed by atoms with E-state index in [1.807, 2.05) is 6.20 Å². The van der Waals surface area contributed by atoms with Crippen LogP contribution in [0.25, 0.3) is 33.2 Å². The van der Waals surface area contributed by atoms with Crippen molar-refractivity contribution in [3.8, 4) is 11.3 Å². The molecular formula is C27H33NOSi. The maximum atomic E-state index is 6.49. The number of hydrogen-bond acceptors (Lipinski definition) is 2. The first-order valence-electron chi connectivity index (χ1n) is 11.1. The fraction of sp³-hybridized carbons (Fsp3) is 0.370. The average molecular weight is 416 g/mol. The number of aromatic nitrogens is 1. The minimum atomic E-state index is -1.55. The first-order valence-corrected chi connectivity index (χ1v) is 14.6. The van der Waals surface area contributed by atoms with E-state index in [0.29, 0.717) is 11.8 Å². The highest BCUT2D eigenvalue weighted by Gasteiger charge is 2.26. The highest BCUT2D eigenvalue weighted by Crippen LogP contribution is 2.39. The van der Waals surface area contributed by atoms with Crippen LogP contribution in [0.3, 0.4) is 0 Å². The lowest BCUT2D eigenvalue weighted by Gasteiger charge is -2.23. The van der Waals surface area contributed by atoms with Crippen LogP contribution in [-0.4, -0.2) is 13.1 Å². The number of para-hydroxylation sites is 1. The Morgan fingerprint density at radius 2 is 1.73 bits per heavy atom.